The van der Waals surface area contributed by atoms with Gasteiger partial charge in [0.15, 0.2) is 11.6 Å². The average Bonchev–Trinajstić information content (AvgIpc) is 2.71. The minimum Gasteiger partial charge on any atom is -0.356 e. The normalized spacial score (nSPS) is 18.8. The molecule has 104 valence electrons. The highest BCUT2D eigenvalue weighted by molar-refractivity contribution is 5.86. The number of carbonyl (C=O) groups excluding carboxylic acids is 1. The lowest BCUT2D eigenvalue weighted by Gasteiger charge is -2.14. The molecule has 1 fully saturated rings. The topological polar surface area (TPSA) is 70.2 Å². The monoisotopic (exact) mass is 267 g/mol. The molecule has 1 aliphatic rings. The van der Waals surface area contributed by atoms with Crippen molar-refractivity contribution in [1.29, 1.82) is 0 Å². The molecule has 19 heavy (non-hydrogen) atoms. The maximum atomic E-state index is 13.6. The first kappa shape index (κ1) is 13.5. The van der Waals surface area contributed by atoms with Gasteiger partial charge in [0, 0.05) is 20.1 Å². The van der Waals surface area contributed by atoms with Crippen molar-refractivity contribution in [2.24, 2.45) is 0 Å². The highest BCUT2D eigenvalue weighted by Gasteiger charge is 2.29. The van der Waals surface area contributed by atoms with Crippen LogP contribution in [0.2, 0.25) is 0 Å². The van der Waals surface area contributed by atoms with Crippen LogP contribution >= 0.6 is 0 Å². The number of nitrogens with one attached hydrogen (secondary N) is 2. The van der Waals surface area contributed by atoms with Crippen LogP contribution in [0.25, 0.3) is 0 Å². The van der Waals surface area contributed by atoms with Gasteiger partial charge in [-0.25, -0.2) is 9.37 Å². The van der Waals surface area contributed by atoms with E-state index in [1.165, 1.54) is 0 Å². The molecule has 1 atom stereocenters. The number of hydrogen-bond acceptors (Lipinski definition) is 5. The van der Waals surface area contributed by atoms with E-state index in [-0.39, 0.29) is 11.7 Å². The van der Waals surface area contributed by atoms with Crippen molar-refractivity contribution in [3.63, 3.8) is 0 Å². The number of aromatic nitrogens is 2. The molecule has 1 aliphatic heterocycles. The third-order valence-electron chi connectivity index (χ3n) is 3.02. The summed E-state index contributed by atoms with van der Waals surface area (Å²) in [5, 5.41) is 5.83. The zero-order chi connectivity index (χ0) is 13.8. The van der Waals surface area contributed by atoms with Crippen molar-refractivity contribution >= 4 is 17.7 Å². The summed E-state index contributed by atoms with van der Waals surface area (Å²) >= 11 is 0. The van der Waals surface area contributed by atoms with Gasteiger partial charge in [-0.2, -0.15) is 4.98 Å². The highest BCUT2D eigenvalue weighted by Crippen LogP contribution is 2.17. The second-order valence-electron chi connectivity index (χ2n) is 4.56. The molecule has 1 aromatic heterocycles. The SMILES string of the molecule is CCCNc1ncc(F)c(NC2CCN(C)C2=O)n1. The van der Waals surface area contributed by atoms with Gasteiger partial charge >= 0.3 is 0 Å². The number of rotatable bonds is 5. The van der Waals surface area contributed by atoms with Gasteiger partial charge in [0.05, 0.1) is 6.20 Å². The maximum Gasteiger partial charge on any atom is 0.244 e. The summed E-state index contributed by atoms with van der Waals surface area (Å²) in [4.78, 5) is 21.3. The fourth-order valence-electron chi connectivity index (χ4n) is 1.91. The third kappa shape index (κ3) is 3.10. The standard InChI is InChI=1S/C12H18FN5O/c1-3-5-14-12-15-7-8(13)10(17-12)16-9-4-6-18(2)11(9)19/h7,9H,3-6H2,1-2H3,(H2,14,15,16,17). The number of hydrogen-bond donors (Lipinski definition) is 2. The zero-order valence-electron chi connectivity index (χ0n) is 11.1. The van der Waals surface area contributed by atoms with E-state index in [0.717, 1.165) is 19.2 Å². The predicted octanol–water partition coefficient (Wildman–Crippen LogP) is 1.08. The fraction of sp³-hybridized carbons (Fsp3) is 0.583. The molecule has 1 saturated heterocycles. The van der Waals surface area contributed by atoms with Gasteiger partial charge in [-0.3, -0.25) is 4.79 Å². The number of likely N-dealkylation sites (N-methyl/N-ethyl adjacent to an activating group) is 1. The number of likely N-dealkylation sites (tertiary alicyclic amines) is 1. The van der Waals surface area contributed by atoms with Crippen molar-refractivity contribution in [2.75, 3.05) is 30.8 Å². The molecular formula is C12H18FN5O. The van der Waals surface area contributed by atoms with Crippen molar-refractivity contribution in [1.82, 2.24) is 14.9 Å². The maximum absolute atomic E-state index is 13.6. The lowest BCUT2D eigenvalue weighted by Crippen LogP contribution is -2.31. The molecule has 0 radical (unpaired) electrons. The molecule has 6 nitrogen and oxygen atoms in total. The zero-order valence-corrected chi connectivity index (χ0v) is 11.1. The van der Waals surface area contributed by atoms with Crippen LogP contribution in [0.15, 0.2) is 6.20 Å². The van der Waals surface area contributed by atoms with Crippen molar-refractivity contribution < 1.29 is 9.18 Å². The van der Waals surface area contributed by atoms with Crippen LogP contribution < -0.4 is 10.6 Å². The van der Waals surface area contributed by atoms with E-state index in [4.69, 9.17) is 0 Å². The van der Waals surface area contributed by atoms with Crippen LogP contribution in [0.3, 0.4) is 0 Å². The Kier molecular flexibility index (Phi) is 4.13. The molecule has 2 rings (SSSR count). The molecule has 1 aromatic rings. The Bertz CT molecular complexity index is 467. The van der Waals surface area contributed by atoms with Crippen LogP contribution in [0.5, 0.6) is 0 Å². The first-order valence-electron chi connectivity index (χ1n) is 6.39. The molecule has 2 heterocycles. The number of carbonyl (C=O) groups is 1. The van der Waals surface area contributed by atoms with E-state index in [2.05, 4.69) is 20.6 Å². The summed E-state index contributed by atoms with van der Waals surface area (Å²) in [6.07, 6.45) is 2.68. The van der Waals surface area contributed by atoms with Crippen LogP contribution in [-0.2, 0) is 4.79 Å². The Labute approximate surface area is 111 Å². The van der Waals surface area contributed by atoms with Crippen molar-refractivity contribution in [2.45, 2.75) is 25.8 Å². The van der Waals surface area contributed by atoms with E-state index in [1.54, 1.807) is 11.9 Å². The van der Waals surface area contributed by atoms with E-state index in [9.17, 15) is 9.18 Å². The number of amides is 1. The summed E-state index contributed by atoms with van der Waals surface area (Å²) in [7, 11) is 1.73. The minimum atomic E-state index is -0.551. The first-order chi connectivity index (χ1) is 9.11. The Morgan fingerprint density at radius 1 is 1.58 bits per heavy atom. The number of halogens is 1. The van der Waals surface area contributed by atoms with Gasteiger partial charge in [-0.05, 0) is 12.8 Å². The summed E-state index contributed by atoms with van der Waals surface area (Å²) in [5.41, 5.74) is 0. The second-order valence-corrected chi connectivity index (χ2v) is 4.56. The lowest BCUT2D eigenvalue weighted by molar-refractivity contribution is -0.127. The molecule has 7 heteroatoms. The molecule has 2 N–H and O–H groups in total. The Morgan fingerprint density at radius 3 is 3.00 bits per heavy atom. The fourth-order valence-corrected chi connectivity index (χ4v) is 1.91. The van der Waals surface area contributed by atoms with E-state index in [1.807, 2.05) is 6.92 Å². The predicted molar refractivity (Wildman–Crippen MR) is 70.4 cm³/mol. The highest BCUT2D eigenvalue weighted by atomic mass is 19.1. The van der Waals surface area contributed by atoms with E-state index in [0.29, 0.717) is 18.9 Å². The molecular weight excluding hydrogens is 249 g/mol. The summed E-state index contributed by atoms with van der Waals surface area (Å²) in [6.45, 7) is 3.41. The smallest absolute Gasteiger partial charge is 0.244 e. The van der Waals surface area contributed by atoms with Crippen LogP contribution in [0.4, 0.5) is 16.2 Å². The van der Waals surface area contributed by atoms with Gasteiger partial charge in [0.2, 0.25) is 11.9 Å². The molecule has 1 amide bonds. The summed E-state index contributed by atoms with van der Waals surface area (Å²) in [6, 6.07) is -0.409. The molecule has 0 bridgehead atoms. The van der Waals surface area contributed by atoms with Gasteiger partial charge in [-0.1, -0.05) is 6.92 Å². The van der Waals surface area contributed by atoms with Gasteiger partial charge in [0.25, 0.3) is 0 Å². The first-order valence-corrected chi connectivity index (χ1v) is 6.39. The minimum absolute atomic E-state index is 0.0407. The van der Waals surface area contributed by atoms with Crippen LogP contribution in [0.1, 0.15) is 19.8 Å². The molecule has 0 aliphatic carbocycles. The van der Waals surface area contributed by atoms with Gasteiger partial charge in [0.1, 0.15) is 6.04 Å². The Balaban J connectivity index is 2.08. The number of nitrogens with zero attached hydrogens (tertiary/aromatic N) is 3. The van der Waals surface area contributed by atoms with Gasteiger partial charge < -0.3 is 15.5 Å². The average molecular weight is 267 g/mol. The van der Waals surface area contributed by atoms with Crippen molar-refractivity contribution in [3.05, 3.63) is 12.0 Å². The van der Waals surface area contributed by atoms with E-state index < -0.39 is 11.9 Å². The van der Waals surface area contributed by atoms with Crippen molar-refractivity contribution in [3.8, 4) is 0 Å². The van der Waals surface area contributed by atoms with Crippen LogP contribution in [0, 0.1) is 5.82 Å². The molecule has 1 unspecified atom stereocenters. The second kappa shape index (κ2) is 5.81. The Hall–Kier alpha value is -1.92. The third-order valence-corrected chi connectivity index (χ3v) is 3.02. The summed E-state index contributed by atoms with van der Waals surface area (Å²) < 4.78 is 13.6. The summed E-state index contributed by atoms with van der Waals surface area (Å²) in [5.74, 6) is -0.155. The number of anilines is 2. The molecule has 0 aromatic carbocycles. The largest absolute Gasteiger partial charge is 0.356 e. The van der Waals surface area contributed by atoms with Gasteiger partial charge in [-0.15, -0.1) is 0 Å². The molecule has 0 spiro atoms. The lowest BCUT2D eigenvalue weighted by atomic mass is 10.2. The van der Waals surface area contributed by atoms with E-state index >= 15 is 0 Å². The Morgan fingerprint density at radius 2 is 2.37 bits per heavy atom. The van der Waals surface area contributed by atoms with Crippen LogP contribution in [-0.4, -0.2) is 47.0 Å². The molecule has 0 saturated carbocycles. The quantitative estimate of drug-likeness (QED) is 0.835.